The summed E-state index contributed by atoms with van der Waals surface area (Å²) in [4.78, 5) is 2.59. The molecule has 0 aromatic carbocycles. The molecule has 0 spiro atoms. The van der Waals surface area contributed by atoms with Crippen molar-refractivity contribution in [1.29, 1.82) is 0 Å². The van der Waals surface area contributed by atoms with Gasteiger partial charge in [0.25, 0.3) is 0 Å². The van der Waals surface area contributed by atoms with Crippen molar-refractivity contribution >= 4 is 0 Å². The van der Waals surface area contributed by atoms with Gasteiger partial charge < -0.3 is 10.4 Å². The van der Waals surface area contributed by atoms with Crippen LogP contribution in [-0.2, 0) is 13.1 Å². The molecule has 5 heteroatoms. The van der Waals surface area contributed by atoms with Crippen molar-refractivity contribution in [2.45, 2.75) is 63.8 Å². The average Bonchev–Trinajstić information content (AvgIpc) is 3.03. The number of fused-ring (bicyclic) bond motifs is 2. The zero-order valence-electron chi connectivity index (χ0n) is 12.3. The third kappa shape index (κ3) is 3.05. The molecule has 1 aromatic heterocycles. The summed E-state index contributed by atoms with van der Waals surface area (Å²) in [6, 6.07) is 2.19. The van der Waals surface area contributed by atoms with Crippen molar-refractivity contribution in [3.63, 3.8) is 0 Å². The lowest BCUT2D eigenvalue weighted by molar-refractivity contribution is 0.140. The molecule has 112 valence electrons. The van der Waals surface area contributed by atoms with Crippen LogP contribution in [0.4, 0.5) is 0 Å². The third-order valence-electron chi connectivity index (χ3n) is 4.77. The molecule has 2 unspecified atom stereocenters. The summed E-state index contributed by atoms with van der Waals surface area (Å²) < 4.78 is 1.83. The summed E-state index contributed by atoms with van der Waals surface area (Å²) in [7, 11) is 0. The van der Waals surface area contributed by atoms with Crippen molar-refractivity contribution in [3.8, 4) is 0 Å². The number of aliphatic hydroxyl groups excluding tert-OH is 1. The second-order valence-corrected chi connectivity index (χ2v) is 6.16. The van der Waals surface area contributed by atoms with E-state index in [1.165, 1.54) is 31.2 Å². The van der Waals surface area contributed by atoms with Crippen LogP contribution in [0.25, 0.3) is 0 Å². The van der Waals surface area contributed by atoms with Gasteiger partial charge in [-0.25, -0.2) is 0 Å². The number of rotatable bonds is 6. The fourth-order valence-electron chi connectivity index (χ4n) is 3.77. The molecule has 0 radical (unpaired) electrons. The van der Waals surface area contributed by atoms with Crippen LogP contribution >= 0.6 is 0 Å². The molecule has 2 N–H and O–H groups in total. The number of hydrogen-bond acceptors (Lipinski definition) is 4. The Kier molecular flexibility index (Phi) is 4.38. The maximum absolute atomic E-state index is 8.95. The number of aliphatic hydroxyl groups is 1. The maximum Gasteiger partial charge on any atom is 0.0640 e. The van der Waals surface area contributed by atoms with Gasteiger partial charge in [0.1, 0.15) is 0 Å². The second-order valence-electron chi connectivity index (χ2n) is 6.16. The molecular formula is C15H26N4O. The SMILES string of the molecule is CCN(Cc1cnn(CCO)c1)C1CC2CCC(C1)N2. The Labute approximate surface area is 121 Å². The van der Waals surface area contributed by atoms with E-state index >= 15 is 0 Å². The maximum atomic E-state index is 8.95. The summed E-state index contributed by atoms with van der Waals surface area (Å²) >= 11 is 0. The summed E-state index contributed by atoms with van der Waals surface area (Å²) in [5, 5.41) is 17.0. The molecule has 2 aliphatic heterocycles. The van der Waals surface area contributed by atoms with Crippen molar-refractivity contribution in [1.82, 2.24) is 20.0 Å². The number of aromatic nitrogens is 2. The molecule has 2 bridgehead atoms. The van der Waals surface area contributed by atoms with E-state index in [0.29, 0.717) is 12.6 Å². The van der Waals surface area contributed by atoms with Crippen molar-refractivity contribution in [3.05, 3.63) is 18.0 Å². The average molecular weight is 278 g/mol. The van der Waals surface area contributed by atoms with E-state index in [2.05, 4.69) is 28.4 Å². The second kappa shape index (κ2) is 6.24. The molecule has 3 rings (SSSR count). The van der Waals surface area contributed by atoms with E-state index in [-0.39, 0.29) is 6.61 Å². The zero-order chi connectivity index (χ0) is 13.9. The van der Waals surface area contributed by atoms with Crippen LogP contribution in [0.2, 0.25) is 0 Å². The minimum Gasteiger partial charge on any atom is -0.394 e. The smallest absolute Gasteiger partial charge is 0.0640 e. The van der Waals surface area contributed by atoms with Crippen molar-refractivity contribution < 1.29 is 5.11 Å². The Morgan fingerprint density at radius 3 is 2.80 bits per heavy atom. The Bertz CT molecular complexity index is 421. The first-order valence-electron chi connectivity index (χ1n) is 7.90. The summed E-state index contributed by atoms with van der Waals surface area (Å²) in [5.41, 5.74) is 1.26. The van der Waals surface area contributed by atoms with Crippen LogP contribution in [0.1, 0.15) is 38.2 Å². The third-order valence-corrected chi connectivity index (χ3v) is 4.77. The molecule has 2 saturated heterocycles. The minimum absolute atomic E-state index is 0.149. The highest BCUT2D eigenvalue weighted by Crippen LogP contribution is 2.30. The van der Waals surface area contributed by atoms with Gasteiger partial charge in [0.15, 0.2) is 0 Å². The molecule has 5 nitrogen and oxygen atoms in total. The molecular weight excluding hydrogens is 252 g/mol. The van der Waals surface area contributed by atoms with E-state index in [1.54, 1.807) is 0 Å². The molecule has 0 amide bonds. The highest BCUT2D eigenvalue weighted by molar-refractivity contribution is 5.05. The summed E-state index contributed by atoms with van der Waals surface area (Å²) in [6.07, 6.45) is 9.28. The summed E-state index contributed by atoms with van der Waals surface area (Å²) in [6.45, 7) is 5.06. The Morgan fingerprint density at radius 2 is 2.15 bits per heavy atom. The molecule has 3 heterocycles. The van der Waals surface area contributed by atoms with Gasteiger partial charge in [0.2, 0.25) is 0 Å². The topological polar surface area (TPSA) is 53.3 Å². The van der Waals surface area contributed by atoms with Crippen LogP contribution in [-0.4, -0.2) is 51.1 Å². The van der Waals surface area contributed by atoms with Gasteiger partial charge in [-0.3, -0.25) is 9.58 Å². The van der Waals surface area contributed by atoms with E-state index < -0.39 is 0 Å². The predicted molar refractivity (Wildman–Crippen MR) is 78.4 cm³/mol. The van der Waals surface area contributed by atoms with E-state index in [1.807, 2.05) is 10.9 Å². The normalized spacial score (nSPS) is 29.2. The lowest BCUT2D eigenvalue weighted by atomic mass is 9.98. The molecule has 0 aliphatic carbocycles. The Balaban J connectivity index is 1.61. The van der Waals surface area contributed by atoms with Gasteiger partial charge in [0.05, 0.1) is 19.3 Å². The first-order valence-corrected chi connectivity index (χ1v) is 7.90. The quantitative estimate of drug-likeness (QED) is 0.814. The number of nitrogens with zero attached hydrogens (tertiary/aromatic N) is 3. The van der Waals surface area contributed by atoms with Crippen LogP contribution < -0.4 is 5.32 Å². The van der Waals surface area contributed by atoms with Crippen LogP contribution in [0.3, 0.4) is 0 Å². The number of piperidine rings is 1. The van der Waals surface area contributed by atoms with E-state index in [4.69, 9.17) is 5.11 Å². The van der Waals surface area contributed by atoms with E-state index in [0.717, 1.165) is 25.2 Å². The van der Waals surface area contributed by atoms with Gasteiger partial charge in [-0.15, -0.1) is 0 Å². The predicted octanol–water partition coefficient (Wildman–Crippen LogP) is 0.980. The van der Waals surface area contributed by atoms with Crippen LogP contribution in [0.5, 0.6) is 0 Å². The molecule has 2 aliphatic rings. The highest BCUT2D eigenvalue weighted by atomic mass is 16.3. The lowest BCUT2D eigenvalue weighted by Crippen LogP contribution is -2.47. The Morgan fingerprint density at radius 1 is 1.40 bits per heavy atom. The fourth-order valence-corrected chi connectivity index (χ4v) is 3.77. The minimum atomic E-state index is 0.149. The van der Waals surface area contributed by atoms with E-state index in [9.17, 15) is 0 Å². The molecule has 2 fully saturated rings. The van der Waals surface area contributed by atoms with Gasteiger partial charge in [-0.1, -0.05) is 6.92 Å². The number of nitrogens with one attached hydrogen (secondary N) is 1. The monoisotopic (exact) mass is 278 g/mol. The zero-order valence-corrected chi connectivity index (χ0v) is 12.3. The van der Waals surface area contributed by atoms with Gasteiger partial charge >= 0.3 is 0 Å². The number of hydrogen-bond donors (Lipinski definition) is 2. The lowest BCUT2D eigenvalue weighted by Gasteiger charge is -2.37. The molecule has 0 saturated carbocycles. The largest absolute Gasteiger partial charge is 0.394 e. The molecule has 2 atom stereocenters. The van der Waals surface area contributed by atoms with Gasteiger partial charge in [-0.2, -0.15) is 5.10 Å². The van der Waals surface area contributed by atoms with Crippen LogP contribution in [0, 0.1) is 0 Å². The molecule has 1 aromatic rings. The van der Waals surface area contributed by atoms with Crippen molar-refractivity contribution in [2.24, 2.45) is 0 Å². The highest BCUT2D eigenvalue weighted by Gasteiger charge is 2.35. The fraction of sp³-hybridized carbons (Fsp3) is 0.800. The summed E-state index contributed by atoms with van der Waals surface area (Å²) in [5.74, 6) is 0. The van der Waals surface area contributed by atoms with Crippen LogP contribution in [0.15, 0.2) is 12.4 Å². The van der Waals surface area contributed by atoms with Gasteiger partial charge in [0, 0.05) is 36.4 Å². The van der Waals surface area contributed by atoms with Crippen molar-refractivity contribution in [2.75, 3.05) is 13.2 Å². The molecule has 20 heavy (non-hydrogen) atoms. The standard InChI is InChI=1S/C15H26N4O/c1-2-18(10-12-9-16-19(11-12)5-6-20)15-7-13-3-4-14(8-15)17-13/h9,11,13-15,17,20H,2-8,10H2,1H3. The Hall–Kier alpha value is -0.910. The van der Waals surface area contributed by atoms with Gasteiger partial charge in [-0.05, 0) is 32.2 Å². The first-order chi connectivity index (χ1) is 9.78. The first kappa shape index (κ1) is 14.0.